The van der Waals surface area contributed by atoms with Crippen molar-refractivity contribution >= 4 is 29.0 Å². The zero-order valence-corrected chi connectivity index (χ0v) is 19.8. The van der Waals surface area contributed by atoms with Crippen LogP contribution in [0.15, 0.2) is 88.9 Å². The fraction of sp³-hybridized carbons (Fsp3) is 0.120. The third kappa shape index (κ3) is 4.69. The van der Waals surface area contributed by atoms with Crippen LogP contribution in [0.1, 0.15) is 17.1 Å². The van der Waals surface area contributed by atoms with Gasteiger partial charge in [0.05, 0.1) is 10.7 Å². The molecule has 34 heavy (non-hydrogen) atoms. The molecule has 9 heteroatoms. The number of ether oxygens (including phenoxy) is 1. The summed E-state index contributed by atoms with van der Waals surface area (Å²) in [5, 5.41) is 9.97. The Balaban J connectivity index is 1.43. The highest BCUT2D eigenvalue weighted by Crippen LogP contribution is 2.27. The number of pyridine rings is 1. The maximum absolute atomic E-state index is 12.5. The zero-order valence-electron chi connectivity index (χ0n) is 18.3. The van der Waals surface area contributed by atoms with E-state index in [4.69, 9.17) is 16.3 Å². The van der Waals surface area contributed by atoms with Crippen molar-refractivity contribution in [2.45, 2.75) is 24.4 Å². The van der Waals surface area contributed by atoms with Crippen molar-refractivity contribution < 1.29 is 4.74 Å². The van der Waals surface area contributed by atoms with Gasteiger partial charge in [-0.05, 0) is 48.9 Å². The Bertz CT molecular complexity index is 1520. The largest absolute Gasteiger partial charge is 0.484 e. The molecule has 7 nitrogen and oxygen atoms in total. The van der Waals surface area contributed by atoms with Crippen LogP contribution in [0.2, 0.25) is 5.02 Å². The van der Waals surface area contributed by atoms with E-state index < -0.39 is 0 Å². The smallest absolute Gasteiger partial charge is 0.258 e. The van der Waals surface area contributed by atoms with Gasteiger partial charge in [0.1, 0.15) is 18.0 Å². The van der Waals surface area contributed by atoms with E-state index in [2.05, 4.69) is 15.2 Å². The molecule has 0 spiro atoms. The maximum Gasteiger partial charge on any atom is 0.258 e. The summed E-state index contributed by atoms with van der Waals surface area (Å²) in [5.74, 6) is 1.68. The number of para-hydroxylation sites is 2. The minimum absolute atomic E-state index is 0.112. The summed E-state index contributed by atoms with van der Waals surface area (Å²) in [4.78, 5) is 17.2. The first-order chi connectivity index (χ1) is 16.6. The molecule has 0 aliphatic rings. The summed E-state index contributed by atoms with van der Waals surface area (Å²) < 4.78 is 9.40. The van der Waals surface area contributed by atoms with E-state index in [1.807, 2.05) is 72.2 Å². The number of rotatable bonds is 7. The highest BCUT2D eigenvalue weighted by Gasteiger charge is 2.16. The van der Waals surface area contributed by atoms with Crippen molar-refractivity contribution in [2.75, 3.05) is 0 Å². The van der Waals surface area contributed by atoms with Crippen molar-refractivity contribution in [3.05, 3.63) is 111 Å². The van der Waals surface area contributed by atoms with Crippen LogP contribution in [0.25, 0.3) is 11.3 Å². The van der Waals surface area contributed by atoms with Crippen LogP contribution in [0.5, 0.6) is 5.75 Å². The quantitative estimate of drug-likeness (QED) is 0.296. The molecule has 0 fully saturated rings. The first-order valence-electron chi connectivity index (χ1n) is 10.6. The first-order valence-corrected chi connectivity index (χ1v) is 11.9. The molecule has 3 aromatic heterocycles. The van der Waals surface area contributed by atoms with E-state index in [1.54, 1.807) is 18.3 Å². The summed E-state index contributed by atoms with van der Waals surface area (Å²) in [7, 11) is 0. The van der Waals surface area contributed by atoms with Gasteiger partial charge >= 0.3 is 0 Å². The minimum Gasteiger partial charge on any atom is -0.484 e. The highest BCUT2D eigenvalue weighted by molar-refractivity contribution is 7.98. The second-order valence-corrected chi connectivity index (χ2v) is 8.95. The number of aromatic nitrogens is 5. The van der Waals surface area contributed by atoms with Crippen molar-refractivity contribution in [1.82, 2.24) is 24.1 Å². The number of nitrogens with zero attached hydrogens (tertiary/aromatic N) is 5. The lowest BCUT2D eigenvalue weighted by Crippen LogP contribution is -2.15. The molecule has 0 aliphatic carbocycles. The Kier molecular flexibility index (Phi) is 6.33. The van der Waals surface area contributed by atoms with Gasteiger partial charge in [0, 0.05) is 23.7 Å². The van der Waals surface area contributed by atoms with Gasteiger partial charge in [-0.1, -0.05) is 53.7 Å². The first kappa shape index (κ1) is 22.2. The van der Waals surface area contributed by atoms with E-state index in [0.717, 1.165) is 11.3 Å². The summed E-state index contributed by atoms with van der Waals surface area (Å²) in [5.41, 5.74) is 3.15. The van der Waals surface area contributed by atoms with E-state index in [1.165, 1.54) is 16.2 Å². The van der Waals surface area contributed by atoms with Gasteiger partial charge in [-0.3, -0.25) is 13.8 Å². The minimum atomic E-state index is -0.112. The number of fused-ring (bicyclic) bond motifs is 1. The van der Waals surface area contributed by atoms with Crippen LogP contribution in [0.3, 0.4) is 0 Å². The van der Waals surface area contributed by atoms with Gasteiger partial charge in [0.2, 0.25) is 0 Å². The van der Waals surface area contributed by atoms with Crippen LogP contribution in [0.4, 0.5) is 0 Å². The summed E-state index contributed by atoms with van der Waals surface area (Å²) in [6, 6.07) is 22.5. The average Bonchev–Trinajstić information content (AvgIpc) is 3.25. The van der Waals surface area contributed by atoms with Gasteiger partial charge < -0.3 is 4.74 Å². The highest BCUT2D eigenvalue weighted by atomic mass is 35.5. The molecule has 0 saturated heterocycles. The predicted octanol–water partition coefficient (Wildman–Crippen LogP) is 5.11. The molecule has 2 aromatic carbocycles. The number of hydrogen-bond donors (Lipinski definition) is 0. The van der Waals surface area contributed by atoms with Crippen molar-refractivity contribution in [3.63, 3.8) is 0 Å². The molecule has 5 rings (SSSR count). The number of thioether (sulfide) groups is 1. The summed E-state index contributed by atoms with van der Waals surface area (Å²) in [6.07, 6.45) is 1.74. The molecule has 3 heterocycles. The van der Waals surface area contributed by atoms with Crippen molar-refractivity contribution in [3.8, 4) is 11.4 Å². The lowest BCUT2D eigenvalue weighted by molar-refractivity contribution is 0.293. The fourth-order valence-corrected chi connectivity index (χ4v) is 4.55. The van der Waals surface area contributed by atoms with E-state index in [-0.39, 0.29) is 12.2 Å². The van der Waals surface area contributed by atoms with Crippen LogP contribution in [0, 0.1) is 6.92 Å². The van der Waals surface area contributed by atoms with Gasteiger partial charge in [-0.25, -0.2) is 4.98 Å². The molecule has 0 bridgehead atoms. The Hall–Kier alpha value is -3.62. The SMILES string of the molecule is Cc1ccn2c(=O)cc(CSc3nnc(COc4ccccc4Cl)n3-c3ccccc3)nc2c1. The monoisotopic (exact) mass is 489 g/mol. The van der Waals surface area contributed by atoms with Gasteiger partial charge in [-0.15, -0.1) is 10.2 Å². The molecule has 5 aromatic rings. The maximum atomic E-state index is 12.5. The van der Waals surface area contributed by atoms with E-state index in [9.17, 15) is 4.79 Å². The molecular weight excluding hydrogens is 470 g/mol. The summed E-state index contributed by atoms with van der Waals surface area (Å²) in [6.45, 7) is 2.17. The number of halogens is 1. The molecule has 0 aliphatic heterocycles. The molecule has 0 saturated carbocycles. The normalized spacial score (nSPS) is 11.1. The topological polar surface area (TPSA) is 74.3 Å². The average molecular weight is 490 g/mol. The second-order valence-electron chi connectivity index (χ2n) is 7.60. The van der Waals surface area contributed by atoms with E-state index in [0.29, 0.717) is 38.8 Å². The zero-order chi connectivity index (χ0) is 23.5. The van der Waals surface area contributed by atoms with Crippen molar-refractivity contribution in [1.29, 1.82) is 0 Å². The Morgan fingerprint density at radius 3 is 2.62 bits per heavy atom. The van der Waals surface area contributed by atoms with Crippen LogP contribution in [-0.2, 0) is 12.4 Å². The second kappa shape index (κ2) is 9.70. The van der Waals surface area contributed by atoms with Gasteiger partial charge in [-0.2, -0.15) is 0 Å². The van der Waals surface area contributed by atoms with Crippen LogP contribution < -0.4 is 10.3 Å². The number of aryl methyl sites for hydroxylation is 1. The summed E-state index contributed by atoms with van der Waals surface area (Å²) >= 11 is 7.69. The lowest BCUT2D eigenvalue weighted by atomic mass is 10.3. The molecular formula is C25H20ClN5O2S. The molecule has 0 unspecified atom stereocenters. The lowest BCUT2D eigenvalue weighted by Gasteiger charge is -2.12. The standard InChI is InChI=1S/C25H20ClN5O2S/c1-17-11-12-30-22(13-17)27-18(14-24(30)32)16-34-25-29-28-23(31(25)19-7-3-2-4-8-19)15-33-21-10-6-5-9-20(21)26/h2-14H,15-16H2,1H3. The van der Waals surface area contributed by atoms with Crippen LogP contribution >= 0.6 is 23.4 Å². The molecule has 0 amide bonds. The number of benzene rings is 2. The Labute approximate surface area is 205 Å². The molecule has 0 atom stereocenters. The third-order valence-electron chi connectivity index (χ3n) is 5.13. The Morgan fingerprint density at radius 2 is 1.79 bits per heavy atom. The van der Waals surface area contributed by atoms with Gasteiger partial charge in [0.15, 0.2) is 11.0 Å². The van der Waals surface area contributed by atoms with Crippen molar-refractivity contribution in [2.24, 2.45) is 0 Å². The molecule has 170 valence electrons. The molecule has 0 radical (unpaired) electrons. The Morgan fingerprint density at radius 1 is 1.00 bits per heavy atom. The van der Waals surface area contributed by atoms with Gasteiger partial charge in [0.25, 0.3) is 5.56 Å². The van der Waals surface area contributed by atoms with E-state index >= 15 is 0 Å². The fourth-order valence-electron chi connectivity index (χ4n) is 3.49. The van der Waals surface area contributed by atoms with Crippen LogP contribution in [-0.4, -0.2) is 24.1 Å². The third-order valence-corrected chi connectivity index (χ3v) is 6.41. The number of hydrogen-bond acceptors (Lipinski definition) is 6. The molecule has 0 N–H and O–H groups in total. The predicted molar refractivity (Wildman–Crippen MR) is 133 cm³/mol.